The molecule has 0 atom stereocenters. The van der Waals surface area contributed by atoms with Gasteiger partial charge in [-0.05, 0) is 13.8 Å². The Hall–Kier alpha value is -1.53. The van der Waals surface area contributed by atoms with Crippen LogP contribution in [0.3, 0.4) is 0 Å². The molecule has 1 aliphatic rings. The van der Waals surface area contributed by atoms with Crippen LogP contribution in [0.5, 0.6) is 0 Å². The van der Waals surface area contributed by atoms with Gasteiger partial charge in [0, 0.05) is 49.0 Å². The minimum Gasteiger partial charge on any atom is -0.354 e. The fourth-order valence-electron chi connectivity index (χ4n) is 2.48. The van der Waals surface area contributed by atoms with E-state index in [9.17, 15) is 0 Å². The van der Waals surface area contributed by atoms with Crippen molar-refractivity contribution in [2.45, 2.75) is 20.4 Å². The van der Waals surface area contributed by atoms with Gasteiger partial charge in [-0.15, -0.1) is 11.3 Å². The zero-order valence-electron chi connectivity index (χ0n) is 11.9. The molecule has 0 bridgehead atoms. The summed E-state index contributed by atoms with van der Waals surface area (Å²) >= 11 is 1.73. The number of anilines is 1. The van der Waals surface area contributed by atoms with Crippen molar-refractivity contribution in [1.82, 2.24) is 19.9 Å². The maximum absolute atomic E-state index is 4.45. The SMILES string of the molecule is Cc1ncnc(N2CCN(Cc3nccs3)CC2)c1C. The lowest BCUT2D eigenvalue weighted by atomic mass is 10.2. The molecule has 6 heteroatoms. The van der Waals surface area contributed by atoms with Gasteiger partial charge in [-0.3, -0.25) is 4.90 Å². The average Bonchev–Trinajstić information content (AvgIpc) is 2.96. The van der Waals surface area contributed by atoms with E-state index in [2.05, 4.69) is 31.7 Å². The molecule has 2 aromatic heterocycles. The fourth-order valence-corrected chi connectivity index (χ4v) is 3.14. The van der Waals surface area contributed by atoms with Crippen molar-refractivity contribution < 1.29 is 0 Å². The highest BCUT2D eigenvalue weighted by Crippen LogP contribution is 2.20. The zero-order chi connectivity index (χ0) is 13.9. The van der Waals surface area contributed by atoms with Gasteiger partial charge >= 0.3 is 0 Å². The first-order valence-electron chi connectivity index (χ1n) is 6.88. The molecule has 106 valence electrons. The van der Waals surface area contributed by atoms with Crippen LogP contribution < -0.4 is 4.90 Å². The van der Waals surface area contributed by atoms with E-state index in [1.54, 1.807) is 17.7 Å². The highest BCUT2D eigenvalue weighted by molar-refractivity contribution is 7.09. The van der Waals surface area contributed by atoms with Crippen LogP contribution >= 0.6 is 11.3 Å². The van der Waals surface area contributed by atoms with E-state index in [4.69, 9.17) is 0 Å². The molecule has 2 aromatic rings. The molecule has 0 N–H and O–H groups in total. The van der Waals surface area contributed by atoms with Crippen LogP contribution in [-0.2, 0) is 6.54 Å². The minimum atomic E-state index is 0.966. The topological polar surface area (TPSA) is 45.2 Å². The summed E-state index contributed by atoms with van der Waals surface area (Å²) in [4.78, 5) is 17.9. The molecular weight excluding hydrogens is 270 g/mol. The van der Waals surface area contributed by atoms with E-state index < -0.39 is 0 Å². The van der Waals surface area contributed by atoms with Crippen molar-refractivity contribution in [3.05, 3.63) is 34.2 Å². The Balaban J connectivity index is 1.62. The number of hydrogen-bond acceptors (Lipinski definition) is 6. The standard InChI is InChI=1S/C14H19N5S/c1-11-12(2)16-10-17-14(11)19-6-4-18(5-7-19)9-13-15-3-8-20-13/h3,8,10H,4-7,9H2,1-2H3. The van der Waals surface area contributed by atoms with E-state index in [1.807, 2.05) is 18.5 Å². The first-order chi connectivity index (χ1) is 9.74. The third kappa shape index (κ3) is 2.81. The second-order valence-corrected chi connectivity index (χ2v) is 6.08. The fraction of sp³-hybridized carbons (Fsp3) is 0.500. The molecule has 0 radical (unpaired) electrons. The van der Waals surface area contributed by atoms with Gasteiger partial charge in [0.15, 0.2) is 0 Å². The van der Waals surface area contributed by atoms with Gasteiger partial charge in [-0.25, -0.2) is 15.0 Å². The molecule has 0 unspecified atom stereocenters. The summed E-state index contributed by atoms with van der Waals surface area (Å²) < 4.78 is 0. The van der Waals surface area contributed by atoms with Crippen LogP contribution in [-0.4, -0.2) is 46.0 Å². The number of hydrogen-bond donors (Lipinski definition) is 0. The smallest absolute Gasteiger partial charge is 0.135 e. The molecule has 0 aliphatic carbocycles. The Labute approximate surface area is 123 Å². The second-order valence-electron chi connectivity index (χ2n) is 5.10. The van der Waals surface area contributed by atoms with Gasteiger partial charge in [-0.2, -0.15) is 0 Å². The molecule has 1 aliphatic heterocycles. The number of aromatic nitrogens is 3. The molecule has 3 rings (SSSR count). The first kappa shape index (κ1) is 13.5. The molecule has 0 spiro atoms. The first-order valence-corrected chi connectivity index (χ1v) is 7.76. The molecule has 20 heavy (non-hydrogen) atoms. The zero-order valence-corrected chi connectivity index (χ0v) is 12.7. The maximum atomic E-state index is 4.45. The maximum Gasteiger partial charge on any atom is 0.135 e. The molecule has 5 nitrogen and oxygen atoms in total. The van der Waals surface area contributed by atoms with Crippen molar-refractivity contribution >= 4 is 17.2 Å². The number of rotatable bonds is 3. The lowest BCUT2D eigenvalue weighted by Gasteiger charge is -2.35. The summed E-state index contributed by atoms with van der Waals surface area (Å²) in [5, 5.41) is 3.24. The molecule has 0 saturated carbocycles. The molecule has 1 saturated heterocycles. The summed E-state index contributed by atoms with van der Waals surface area (Å²) in [7, 11) is 0. The largest absolute Gasteiger partial charge is 0.354 e. The predicted molar refractivity (Wildman–Crippen MR) is 81.1 cm³/mol. The molecule has 0 aromatic carbocycles. The van der Waals surface area contributed by atoms with E-state index in [0.29, 0.717) is 0 Å². The van der Waals surface area contributed by atoms with Crippen molar-refractivity contribution in [2.24, 2.45) is 0 Å². The second kappa shape index (κ2) is 5.85. The molecule has 3 heterocycles. The Bertz CT molecular complexity index is 561. The predicted octanol–water partition coefficient (Wildman–Crippen LogP) is 1.87. The van der Waals surface area contributed by atoms with Crippen LogP contribution in [0.2, 0.25) is 0 Å². The lowest BCUT2D eigenvalue weighted by molar-refractivity contribution is 0.249. The Morgan fingerprint density at radius 2 is 1.90 bits per heavy atom. The van der Waals surface area contributed by atoms with Gasteiger partial charge in [0.25, 0.3) is 0 Å². The van der Waals surface area contributed by atoms with E-state index in [1.165, 1.54) is 10.6 Å². The Kier molecular flexibility index (Phi) is 3.93. The summed E-state index contributed by atoms with van der Waals surface area (Å²) in [6.45, 7) is 9.26. The van der Waals surface area contributed by atoms with Gasteiger partial charge in [0.05, 0.1) is 6.54 Å². The summed E-state index contributed by atoms with van der Waals surface area (Å²) in [5.74, 6) is 1.09. The third-order valence-electron chi connectivity index (χ3n) is 3.82. The van der Waals surface area contributed by atoms with Crippen molar-refractivity contribution in [1.29, 1.82) is 0 Å². The van der Waals surface area contributed by atoms with Crippen LogP contribution in [0.4, 0.5) is 5.82 Å². The quantitative estimate of drug-likeness (QED) is 0.863. The van der Waals surface area contributed by atoms with Crippen LogP contribution in [0.15, 0.2) is 17.9 Å². The van der Waals surface area contributed by atoms with Crippen molar-refractivity contribution in [3.8, 4) is 0 Å². The van der Waals surface area contributed by atoms with Gasteiger partial charge in [0.1, 0.15) is 17.2 Å². The highest BCUT2D eigenvalue weighted by Gasteiger charge is 2.20. The van der Waals surface area contributed by atoms with Crippen molar-refractivity contribution in [3.63, 3.8) is 0 Å². The normalized spacial score (nSPS) is 16.6. The molecule has 1 fully saturated rings. The van der Waals surface area contributed by atoms with Crippen LogP contribution in [0.25, 0.3) is 0 Å². The van der Waals surface area contributed by atoms with E-state index in [0.717, 1.165) is 44.2 Å². The average molecular weight is 289 g/mol. The van der Waals surface area contributed by atoms with Crippen LogP contribution in [0.1, 0.15) is 16.3 Å². The molecular formula is C14H19N5S. The van der Waals surface area contributed by atoms with Crippen LogP contribution in [0, 0.1) is 13.8 Å². The number of piperazine rings is 1. The Morgan fingerprint density at radius 1 is 1.10 bits per heavy atom. The number of nitrogens with zero attached hydrogens (tertiary/aromatic N) is 5. The minimum absolute atomic E-state index is 0.966. The van der Waals surface area contributed by atoms with Crippen molar-refractivity contribution in [2.75, 3.05) is 31.1 Å². The summed E-state index contributed by atoms with van der Waals surface area (Å²) in [6, 6.07) is 0. The third-order valence-corrected chi connectivity index (χ3v) is 4.59. The Morgan fingerprint density at radius 3 is 2.60 bits per heavy atom. The number of thiazole rings is 1. The summed E-state index contributed by atoms with van der Waals surface area (Å²) in [6.07, 6.45) is 3.54. The lowest BCUT2D eigenvalue weighted by Crippen LogP contribution is -2.46. The van der Waals surface area contributed by atoms with Gasteiger partial charge < -0.3 is 4.90 Å². The van der Waals surface area contributed by atoms with E-state index in [-0.39, 0.29) is 0 Å². The highest BCUT2D eigenvalue weighted by atomic mass is 32.1. The molecule has 0 amide bonds. The van der Waals surface area contributed by atoms with E-state index >= 15 is 0 Å². The van der Waals surface area contributed by atoms with Gasteiger partial charge in [-0.1, -0.05) is 0 Å². The van der Waals surface area contributed by atoms with Gasteiger partial charge in [0.2, 0.25) is 0 Å². The summed E-state index contributed by atoms with van der Waals surface area (Å²) in [5.41, 5.74) is 2.26. The number of aryl methyl sites for hydroxylation is 1. The monoisotopic (exact) mass is 289 g/mol.